The van der Waals surface area contributed by atoms with E-state index in [2.05, 4.69) is 10.6 Å². The number of nitrogen functional groups attached to an aromatic ring is 1. The molecule has 11 nitrogen and oxygen atoms in total. The number of amidine groups is 1. The lowest BCUT2D eigenvalue weighted by molar-refractivity contribution is -0.139. The van der Waals surface area contributed by atoms with E-state index >= 15 is 0 Å². The zero-order valence-corrected chi connectivity index (χ0v) is 22.9. The molecular formula is C29H30ClN5O6. The highest BCUT2D eigenvalue weighted by molar-refractivity contribution is 6.31. The number of nitrogens with two attached hydrogens (primary N) is 1. The summed E-state index contributed by atoms with van der Waals surface area (Å²) in [6.45, 7) is 0.714. The monoisotopic (exact) mass is 579 g/mol. The Morgan fingerprint density at radius 2 is 1.73 bits per heavy atom. The highest BCUT2D eigenvalue weighted by atomic mass is 35.5. The van der Waals surface area contributed by atoms with Crippen molar-refractivity contribution in [1.29, 1.82) is 5.41 Å². The average molecular weight is 580 g/mol. The molecule has 2 amide bonds. The maximum atomic E-state index is 13.2. The van der Waals surface area contributed by atoms with Crippen molar-refractivity contribution in [3.05, 3.63) is 82.4 Å². The van der Waals surface area contributed by atoms with Gasteiger partial charge < -0.3 is 35.8 Å². The Bertz CT molecular complexity index is 1440. The topological polar surface area (TPSA) is 167 Å². The van der Waals surface area contributed by atoms with Crippen molar-refractivity contribution in [2.45, 2.75) is 19.4 Å². The molecule has 1 aliphatic rings. The Morgan fingerprint density at radius 1 is 1.00 bits per heavy atom. The predicted molar refractivity (Wildman–Crippen MR) is 155 cm³/mol. The van der Waals surface area contributed by atoms with Gasteiger partial charge in [-0.15, -0.1) is 0 Å². The Balaban J connectivity index is 1.51. The summed E-state index contributed by atoms with van der Waals surface area (Å²) in [4.78, 5) is 38.6. The van der Waals surface area contributed by atoms with Gasteiger partial charge in [0, 0.05) is 47.2 Å². The minimum atomic E-state index is -1.17. The predicted octanol–water partition coefficient (Wildman–Crippen LogP) is 3.95. The molecule has 1 heterocycles. The van der Waals surface area contributed by atoms with Crippen molar-refractivity contribution < 1.29 is 29.0 Å². The maximum absolute atomic E-state index is 13.2. The van der Waals surface area contributed by atoms with E-state index in [0.29, 0.717) is 40.6 Å². The molecule has 0 aromatic heterocycles. The molecule has 1 aliphatic heterocycles. The number of hydrogen-bond acceptors (Lipinski definition) is 7. The summed E-state index contributed by atoms with van der Waals surface area (Å²) >= 11 is 6.19. The first kappa shape index (κ1) is 29.2. The molecule has 0 unspecified atom stereocenters. The molecule has 0 bridgehead atoms. The van der Waals surface area contributed by atoms with E-state index in [-0.39, 0.29) is 42.0 Å². The van der Waals surface area contributed by atoms with Gasteiger partial charge in [0.05, 0.1) is 5.56 Å². The van der Waals surface area contributed by atoms with Crippen molar-refractivity contribution >= 4 is 46.6 Å². The van der Waals surface area contributed by atoms with Crippen LogP contribution < -0.4 is 25.8 Å². The van der Waals surface area contributed by atoms with Gasteiger partial charge in [0.25, 0.3) is 11.8 Å². The molecule has 1 fully saturated rings. The van der Waals surface area contributed by atoms with Crippen LogP contribution in [0.1, 0.15) is 34.3 Å². The number of likely N-dealkylation sites (tertiary alicyclic amines) is 1. The molecule has 12 heteroatoms. The van der Waals surface area contributed by atoms with Gasteiger partial charge in [-0.2, -0.15) is 0 Å². The number of para-hydroxylation sites is 1. The van der Waals surface area contributed by atoms with Gasteiger partial charge in [-0.1, -0.05) is 23.7 Å². The number of halogens is 1. The van der Waals surface area contributed by atoms with Crippen molar-refractivity contribution in [1.82, 2.24) is 4.90 Å². The number of benzene rings is 3. The number of anilines is 2. The molecule has 1 saturated heterocycles. The van der Waals surface area contributed by atoms with Gasteiger partial charge >= 0.3 is 5.97 Å². The quantitative estimate of drug-likeness (QED) is 0.159. The zero-order chi connectivity index (χ0) is 29.4. The van der Waals surface area contributed by atoms with Gasteiger partial charge in [-0.25, -0.2) is 4.79 Å². The summed E-state index contributed by atoms with van der Waals surface area (Å²) in [7, 11) is 0. The summed E-state index contributed by atoms with van der Waals surface area (Å²) in [5.41, 5.74) is 7.81. The van der Waals surface area contributed by atoms with Crippen LogP contribution in [-0.2, 0) is 16.1 Å². The number of carbonyl (C=O) groups excluding carboxylic acids is 2. The fourth-order valence-corrected chi connectivity index (χ4v) is 4.46. The highest BCUT2D eigenvalue weighted by Gasteiger charge is 2.20. The third-order valence-electron chi connectivity index (χ3n) is 6.36. The minimum absolute atomic E-state index is 0.0800. The van der Waals surface area contributed by atoms with Crippen LogP contribution in [0.15, 0.2) is 60.7 Å². The molecule has 0 radical (unpaired) electrons. The third-order valence-corrected chi connectivity index (χ3v) is 6.59. The number of hydrogen-bond donors (Lipinski definition) is 5. The Kier molecular flexibility index (Phi) is 9.64. The summed E-state index contributed by atoms with van der Waals surface area (Å²) in [5.74, 6) is -1.40. The van der Waals surface area contributed by atoms with Gasteiger partial charge in [-0.05, 0) is 61.4 Å². The number of nitrogens with zero attached hydrogens (tertiary/aromatic N) is 1. The third kappa shape index (κ3) is 7.89. The van der Waals surface area contributed by atoms with E-state index in [0.717, 1.165) is 12.8 Å². The Hall–Kier alpha value is -4.77. The van der Waals surface area contributed by atoms with E-state index in [1.807, 2.05) is 0 Å². The SMILES string of the molecule is N=C(N)c1ccc(NC(=O)c2cc(Cl)ccc2NCc2cccc(OCC(=O)N3CCCC3)c2OCC(=O)O)cc1. The van der Waals surface area contributed by atoms with E-state index in [9.17, 15) is 19.5 Å². The number of carboxylic acids is 1. The lowest BCUT2D eigenvalue weighted by Gasteiger charge is -2.19. The van der Waals surface area contributed by atoms with Gasteiger partial charge in [0.2, 0.25) is 0 Å². The van der Waals surface area contributed by atoms with Crippen molar-refractivity contribution in [2.75, 3.05) is 36.9 Å². The van der Waals surface area contributed by atoms with Crippen molar-refractivity contribution in [2.24, 2.45) is 5.73 Å². The molecule has 0 aliphatic carbocycles. The van der Waals surface area contributed by atoms with Crippen molar-refractivity contribution in [3.63, 3.8) is 0 Å². The van der Waals surface area contributed by atoms with E-state index < -0.39 is 18.5 Å². The second-order valence-electron chi connectivity index (χ2n) is 9.29. The number of ether oxygens (including phenoxy) is 2. The van der Waals surface area contributed by atoms with Crippen LogP contribution >= 0.6 is 11.6 Å². The van der Waals surface area contributed by atoms with E-state index in [4.69, 9.17) is 32.2 Å². The molecule has 0 spiro atoms. The first-order valence-electron chi connectivity index (χ1n) is 12.9. The zero-order valence-electron chi connectivity index (χ0n) is 22.1. The van der Waals surface area contributed by atoms with Crippen LogP contribution in [0.5, 0.6) is 11.5 Å². The normalized spacial score (nSPS) is 12.5. The van der Waals surface area contributed by atoms with Gasteiger partial charge in [0.15, 0.2) is 24.7 Å². The largest absolute Gasteiger partial charge is 0.480 e. The lowest BCUT2D eigenvalue weighted by atomic mass is 10.1. The molecule has 0 saturated carbocycles. The maximum Gasteiger partial charge on any atom is 0.341 e. The standard InChI is InChI=1S/C29H30ClN5O6/c30-20-8-11-23(22(14-20)29(39)34-21-9-6-18(7-10-21)28(31)32)33-15-19-4-3-5-24(27(19)41-17-26(37)38)40-16-25(36)35-12-1-2-13-35/h3-11,14,33H,1-2,12-13,15-17H2,(H3,31,32)(H,34,39)(H,37,38). The fraction of sp³-hybridized carbons (Fsp3) is 0.241. The first-order valence-corrected chi connectivity index (χ1v) is 13.3. The fourth-order valence-electron chi connectivity index (χ4n) is 4.29. The number of aliphatic carboxylic acids is 1. The van der Waals surface area contributed by atoms with Crippen molar-refractivity contribution in [3.8, 4) is 11.5 Å². The van der Waals surface area contributed by atoms with Crippen LogP contribution in [-0.4, -0.2) is 59.9 Å². The number of carbonyl (C=O) groups is 3. The van der Waals surface area contributed by atoms with Gasteiger partial charge in [-0.3, -0.25) is 15.0 Å². The molecule has 3 aromatic carbocycles. The minimum Gasteiger partial charge on any atom is -0.480 e. The summed E-state index contributed by atoms with van der Waals surface area (Å²) in [5, 5.41) is 23.1. The number of carboxylic acid groups (broad SMARTS) is 1. The number of rotatable bonds is 12. The van der Waals surface area contributed by atoms with Crippen LogP contribution in [0.2, 0.25) is 5.02 Å². The molecular weight excluding hydrogens is 550 g/mol. The van der Waals surface area contributed by atoms with Crippen LogP contribution in [0.4, 0.5) is 11.4 Å². The van der Waals surface area contributed by atoms with E-state index in [1.165, 1.54) is 6.07 Å². The number of nitrogens with one attached hydrogen (secondary N) is 3. The van der Waals surface area contributed by atoms with Gasteiger partial charge in [0.1, 0.15) is 5.84 Å². The second kappa shape index (κ2) is 13.5. The smallest absolute Gasteiger partial charge is 0.341 e. The Morgan fingerprint density at radius 3 is 2.41 bits per heavy atom. The lowest BCUT2D eigenvalue weighted by Crippen LogP contribution is -2.32. The number of amides is 2. The molecule has 41 heavy (non-hydrogen) atoms. The molecule has 0 atom stereocenters. The molecule has 214 valence electrons. The Labute approximate surface area is 241 Å². The second-order valence-corrected chi connectivity index (χ2v) is 9.73. The summed E-state index contributed by atoms with van der Waals surface area (Å²) in [6, 6.07) is 16.4. The first-order chi connectivity index (χ1) is 19.7. The highest BCUT2D eigenvalue weighted by Crippen LogP contribution is 2.33. The van der Waals surface area contributed by atoms with Crippen LogP contribution in [0.25, 0.3) is 0 Å². The van der Waals surface area contributed by atoms with Crippen LogP contribution in [0.3, 0.4) is 0 Å². The molecule has 6 N–H and O–H groups in total. The molecule has 4 rings (SSSR count). The van der Waals surface area contributed by atoms with E-state index in [1.54, 1.807) is 59.5 Å². The molecule has 3 aromatic rings. The average Bonchev–Trinajstić information content (AvgIpc) is 3.50. The van der Waals surface area contributed by atoms with Crippen LogP contribution in [0, 0.1) is 5.41 Å². The summed E-state index contributed by atoms with van der Waals surface area (Å²) < 4.78 is 11.3. The summed E-state index contributed by atoms with van der Waals surface area (Å²) in [6.07, 6.45) is 1.91.